The summed E-state index contributed by atoms with van der Waals surface area (Å²) in [5.41, 5.74) is 6.02. The Morgan fingerprint density at radius 3 is 2.65 bits per heavy atom. The third-order valence-corrected chi connectivity index (χ3v) is 3.59. The molecular formula is C18H17N3O2. The molecule has 0 fully saturated rings. The van der Waals surface area contributed by atoms with E-state index in [1.807, 2.05) is 54.8 Å². The number of hydrogen-bond donors (Lipinski definition) is 1. The summed E-state index contributed by atoms with van der Waals surface area (Å²) in [6.45, 7) is 3.90. The monoisotopic (exact) mass is 307 g/mol. The highest BCUT2D eigenvalue weighted by Gasteiger charge is 2.16. The Hall–Kier alpha value is -3.08. The zero-order valence-electron chi connectivity index (χ0n) is 13.0. The number of rotatable bonds is 4. The van der Waals surface area contributed by atoms with Crippen molar-refractivity contribution < 1.29 is 9.21 Å². The lowest BCUT2D eigenvalue weighted by Gasteiger charge is -2.09. The Kier molecular flexibility index (Phi) is 4.10. The molecule has 0 aliphatic carbocycles. The van der Waals surface area contributed by atoms with E-state index in [0.29, 0.717) is 11.3 Å². The van der Waals surface area contributed by atoms with Gasteiger partial charge in [0.2, 0.25) is 0 Å². The predicted octanol–water partition coefficient (Wildman–Crippen LogP) is 3.45. The molecule has 0 unspecified atom stereocenters. The lowest BCUT2D eigenvalue weighted by molar-refractivity contribution is 0.0954. The van der Waals surface area contributed by atoms with Crippen molar-refractivity contribution >= 4 is 12.1 Å². The summed E-state index contributed by atoms with van der Waals surface area (Å²) in [7, 11) is 0. The molecular weight excluding hydrogens is 290 g/mol. The fourth-order valence-corrected chi connectivity index (χ4v) is 2.55. The molecule has 1 amide bonds. The first-order chi connectivity index (χ1) is 11.2. The first-order valence-corrected chi connectivity index (χ1v) is 7.28. The Bertz CT molecular complexity index is 831. The predicted molar refractivity (Wildman–Crippen MR) is 89.0 cm³/mol. The molecule has 0 atom stereocenters. The van der Waals surface area contributed by atoms with E-state index in [2.05, 4.69) is 10.5 Å². The third-order valence-electron chi connectivity index (χ3n) is 3.59. The SMILES string of the molecule is Cc1cc(C(=O)N/N=C/c2ccco2)c(C)n1-c1ccccc1. The number of para-hydroxylation sites is 1. The number of carbonyl (C=O) groups is 1. The Labute approximate surface area is 134 Å². The zero-order chi connectivity index (χ0) is 16.2. The molecule has 5 nitrogen and oxygen atoms in total. The number of carbonyl (C=O) groups excluding carboxylic acids is 1. The lowest BCUT2D eigenvalue weighted by atomic mass is 10.2. The highest BCUT2D eigenvalue weighted by atomic mass is 16.3. The van der Waals surface area contributed by atoms with Crippen LogP contribution in [-0.2, 0) is 0 Å². The summed E-state index contributed by atoms with van der Waals surface area (Å²) in [6.07, 6.45) is 3.02. The highest BCUT2D eigenvalue weighted by molar-refractivity contribution is 5.96. The highest BCUT2D eigenvalue weighted by Crippen LogP contribution is 2.20. The molecule has 0 saturated heterocycles. The van der Waals surface area contributed by atoms with Gasteiger partial charge < -0.3 is 8.98 Å². The van der Waals surface area contributed by atoms with Crippen molar-refractivity contribution in [3.05, 3.63) is 77.5 Å². The number of nitrogens with zero attached hydrogens (tertiary/aromatic N) is 2. The largest absolute Gasteiger partial charge is 0.463 e. The smallest absolute Gasteiger partial charge is 0.273 e. The number of hydrazone groups is 1. The van der Waals surface area contributed by atoms with Crippen molar-refractivity contribution in [1.29, 1.82) is 0 Å². The van der Waals surface area contributed by atoms with Gasteiger partial charge in [-0.15, -0.1) is 0 Å². The summed E-state index contributed by atoms with van der Waals surface area (Å²) in [4.78, 5) is 12.3. The number of hydrogen-bond acceptors (Lipinski definition) is 3. The summed E-state index contributed by atoms with van der Waals surface area (Å²) in [5.74, 6) is 0.336. The summed E-state index contributed by atoms with van der Waals surface area (Å²) >= 11 is 0. The average Bonchev–Trinajstić information content (AvgIpc) is 3.16. The minimum atomic E-state index is -0.247. The molecule has 3 aromatic rings. The van der Waals surface area contributed by atoms with Gasteiger partial charge in [0, 0.05) is 17.1 Å². The topological polar surface area (TPSA) is 59.5 Å². The fourth-order valence-electron chi connectivity index (χ4n) is 2.55. The molecule has 1 N–H and O–H groups in total. The molecule has 2 aromatic heterocycles. The van der Waals surface area contributed by atoms with E-state index < -0.39 is 0 Å². The Morgan fingerprint density at radius 1 is 1.17 bits per heavy atom. The van der Waals surface area contributed by atoms with Gasteiger partial charge in [0.15, 0.2) is 0 Å². The molecule has 0 bridgehead atoms. The number of amides is 1. The van der Waals surface area contributed by atoms with Crippen LogP contribution in [0.2, 0.25) is 0 Å². The van der Waals surface area contributed by atoms with Crippen molar-refractivity contribution in [3.8, 4) is 5.69 Å². The van der Waals surface area contributed by atoms with Gasteiger partial charge in [-0.05, 0) is 44.2 Å². The van der Waals surface area contributed by atoms with Crippen LogP contribution in [0.4, 0.5) is 0 Å². The van der Waals surface area contributed by atoms with Gasteiger partial charge in [-0.1, -0.05) is 18.2 Å². The molecule has 116 valence electrons. The maximum absolute atomic E-state index is 12.3. The first kappa shape index (κ1) is 14.8. The second-order valence-electron chi connectivity index (χ2n) is 5.17. The van der Waals surface area contributed by atoms with Gasteiger partial charge in [0.1, 0.15) is 5.76 Å². The van der Waals surface area contributed by atoms with Crippen molar-refractivity contribution in [2.24, 2.45) is 5.10 Å². The van der Waals surface area contributed by atoms with Gasteiger partial charge in [0.05, 0.1) is 18.0 Å². The molecule has 23 heavy (non-hydrogen) atoms. The molecule has 0 aliphatic rings. The molecule has 0 aliphatic heterocycles. The lowest BCUT2D eigenvalue weighted by Crippen LogP contribution is -2.18. The van der Waals surface area contributed by atoms with E-state index in [-0.39, 0.29) is 5.91 Å². The van der Waals surface area contributed by atoms with E-state index in [4.69, 9.17) is 4.42 Å². The van der Waals surface area contributed by atoms with E-state index in [0.717, 1.165) is 17.1 Å². The van der Waals surface area contributed by atoms with Crippen LogP contribution in [0.25, 0.3) is 5.69 Å². The normalized spacial score (nSPS) is 11.0. The van der Waals surface area contributed by atoms with Crippen LogP contribution in [0.5, 0.6) is 0 Å². The van der Waals surface area contributed by atoms with E-state index in [1.54, 1.807) is 18.4 Å². The first-order valence-electron chi connectivity index (χ1n) is 7.28. The number of benzene rings is 1. The summed E-state index contributed by atoms with van der Waals surface area (Å²) < 4.78 is 7.17. The number of furan rings is 1. The fraction of sp³-hybridized carbons (Fsp3) is 0.111. The van der Waals surface area contributed by atoms with Gasteiger partial charge in [-0.25, -0.2) is 5.43 Å². The number of aromatic nitrogens is 1. The molecule has 5 heteroatoms. The maximum atomic E-state index is 12.3. The van der Waals surface area contributed by atoms with E-state index in [1.165, 1.54) is 6.21 Å². The van der Waals surface area contributed by atoms with Crippen molar-refractivity contribution in [2.45, 2.75) is 13.8 Å². The summed E-state index contributed by atoms with van der Waals surface area (Å²) in [6, 6.07) is 15.3. The summed E-state index contributed by atoms with van der Waals surface area (Å²) in [5, 5.41) is 3.92. The van der Waals surface area contributed by atoms with E-state index >= 15 is 0 Å². The second-order valence-corrected chi connectivity index (χ2v) is 5.17. The van der Waals surface area contributed by atoms with Gasteiger partial charge in [0.25, 0.3) is 5.91 Å². The zero-order valence-corrected chi connectivity index (χ0v) is 13.0. The van der Waals surface area contributed by atoms with Crippen LogP contribution >= 0.6 is 0 Å². The molecule has 0 radical (unpaired) electrons. The number of aryl methyl sites for hydroxylation is 1. The average molecular weight is 307 g/mol. The van der Waals surface area contributed by atoms with Crippen LogP contribution in [0.15, 0.2) is 64.3 Å². The molecule has 0 spiro atoms. The van der Waals surface area contributed by atoms with Crippen LogP contribution in [0, 0.1) is 13.8 Å². The molecule has 1 aromatic carbocycles. The van der Waals surface area contributed by atoms with Crippen LogP contribution in [0.1, 0.15) is 27.5 Å². The van der Waals surface area contributed by atoms with Crippen molar-refractivity contribution in [3.63, 3.8) is 0 Å². The quantitative estimate of drug-likeness (QED) is 0.593. The Morgan fingerprint density at radius 2 is 1.96 bits per heavy atom. The Balaban J connectivity index is 1.82. The van der Waals surface area contributed by atoms with Crippen molar-refractivity contribution in [2.75, 3.05) is 0 Å². The van der Waals surface area contributed by atoms with Gasteiger partial charge >= 0.3 is 0 Å². The van der Waals surface area contributed by atoms with Gasteiger partial charge in [-0.3, -0.25) is 4.79 Å². The minimum Gasteiger partial charge on any atom is -0.463 e. The molecule has 0 saturated carbocycles. The third kappa shape index (κ3) is 3.08. The van der Waals surface area contributed by atoms with Crippen LogP contribution in [-0.4, -0.2) is 16.7 Å². The van der Waals surface area contributed by atoms with Crippen molar-refractivity contribution in [1.82, 2.24) is 9.99 Å². The maximum Gasteiger partial charge on any atom is 0.273 e. The van der Waals surface area contributed by atoms with Crippen LogP contribution < -0.4 is 5.43 Å². The molecule has 2 heterocycles. The van der Waals surface area contributed by atoms with Gasteiger partial charge in [-0.2, -0.15) is 5.10 Å². The van der Waals surface area contributed by atoms with E-state index in [9.17, 15) is 4.79 Å². The minimum absolute atomic E-state index is 0.247. The van der Waals surface area contributed by atoms with Crippen LogP contribution in [0.3, 0.4) is 0 Å². The molecule has 3 rings (SSSR count). The second kappa shape index (κ2) is 6.36. The standard InChI is InChI=1S/C18H17N3O2/c1-13-11-17(14(2)21(13)15-7-4-3-5-8-15)18(22)20-19-12-16-9-6-10-23-16/h3-12H,1-2H3,(H,20,22)/b19-12+. The number of nitrogens with one attached hydrogen (secondary N) is 1.